The van der Waals surface area contributed by atoms with Crippen LogP contribution < -0.4 is 11.1 Å². The number of hydrogen-bond acceptors (Lipinski definition) is 4. The number of thioether (sulfide) groups is 1. The molecule has 0 atom stereocenters. The lowest BCUT2D eigenvalue weighted by atomic mass is 10.2. The van der Waals surface area contributed by atoms with Gasteiger partial charge in [-0.1, -0.05) is 0 Å². The van der Waals surface area contributed by atoms with E-state index in [9.17, 15) is 4.79 Å². The van der Waals surface area contributed by atoms with E-state index in [0.29, 0.717) is 11.4 Å². The summed E-state index contributed by atoms with van der Waals surface area (Å²) in [7, 11) is 0. The van der Waals surface area contributed by atoms with Crippen molar-refractivity contribution in [3.63, 3.8) is 0 Å². The van der Waals surface area contributed by atoms with E-state index in [4.69, 9.17) is 5.73 Å². The summed E-state index contributed by atoms with van der Waals surface area (Å²) in [6, 6.07) is 3.37. The van der Waals surface area contributed by atoms with Gasteiger partial charge in [-0.15, -0.1) is 0 Å². The minimum atomic E-state index is -0.449. The van der Waals surface area contributed by atoms with Crippen LogP contribution in [0.25, 0.3) is 0 Å². The van der Waals surface area contributed by atoms with E-state index >= 15 is 0 Å². The second-order valence-electron chi connectivity index (χ2n) is 3.04. The summed E-state index contributed by atoms with van der Waals surface area (Å²) in [6.45, 7) is 0.804. The number of primary amides is 1. The fourth-order valence-electron chi connectivity index (χ4n) is 1.17. The number of carbonyl (C=O) groups excluding carboxylic acids is 1. The summed E-state index contributed by atoms with van der Waals surface area (Å²) in [6.07, 6.45) is 4.74. The van der Waals surface area contributed by atoms with E-state index < -0.39 is 5.91 Å². The molecule has 4 nitrogen and oxygen atoms in total. The molecule has 5 heteroatoms. The Bertz CT molecular complexity index is 330. The Kier molecular flexibility index (Phi) is 4.97. The molecule has 0 spiro atoms. The maximum absolute atomic E-state index is 11.0. The number of nitrogens with one attached hydrogen (secondary N) is 1. The van der Waals surface area contributed by atoms with Crippen LogP contribution in [0.3, 0.4) is 0 Å². The topological polar surface area (TPSA) is 68.0 Å². The second-order valence-corrected chi connectivity index (χ2v) is 4.02. The Balaban J connectivity index is 2.56. The van der Waals surface area contributed by atoms with E-state index in [-0.39, 0.29) is 0 Å². The summed E-state index contributed by atoms with van der Waals surface area (Å²) in [4.78, 5) is 15.1. The van der Waals surface area contributed by atoms with Gasteiger partial charge in [0.15, 0.2) is 0 Å². The van der Waals surface area contributed by atoms with Gasteiger partial charge in [-0.05, 0) is 30.6 Å². The van der Waals surface area contributed by atoms with Gasteiger partial charge in [0.1, 0.15) is 5.82 Å². The Hall–Kier alpha value is -1.23. The molecule has 0 unspecified atom stereocenters. The Morgan fingerprint density at radius 1 is 1.67 bits per heavy atom. The van der Waals surface area contributed by atoms with E-state index in [2.05, 4.69) is 16.6 Å². The lowest BCUT2D eigenvalue weighted by molar-refractivity contribution is 0.100. The molecule has 0 bridgehead atoms. The standard InChI is InChI=1S/C10H15N3OS/c1-15-7-3-6-13-10-8(9(11)14)4-2-5-12-10/h2,4-5H,3,6-7H2,1H3,(H2,11,14)(H,12,13). The highest BCUT2D eigenvalue weighted by Gasteiger charge is 2.07. The zero-order valence-electron chi connectivity index (χ0n) is 8.69. The molecular weight excluding hydrogens is 210 g/mol. The molecule has 1 aromatic rings. The molecule has 1 aromatic heterocycles. The van der Waals surface area contributed by atoms with Gasteiger partial charge in [0.05, 0.1) is 5.56 Å². The van der Waals surface area contributed by atoms with Crippen LogP contribution in [0.15, 0.2) is 18.3 Å². The van der Waals surface area contributed by atoms with E-state index in [1.807, 2.05) is 0 Å². The third kappa shape index (κ3) is 3.79. The summed E-state index contributed by atoms with van der Waals surface area (Å²) in [5.41, 5.74) is 5.67. The van der Waals surface area contributed by atoms with Gasteiger partial charge in [0, 0.05) is 12.7 Å². The van der Waals surface area contributed by atoms with Crippen molar-refractivity contribution in [3.05, 3.63) is 23.9 Å². The molecule has 1 heterocycles. The summed E-state index contributed by atoms with van der Waals surface area (Å²) in [5, 5.41) is 3.10. The first kappa shape index (κ1) is 11.8. The van der Waals surface area contributed by atoms with E-state index in [1.54, 1.807) is 30.1 Å². The minimum absolute atomic E-state index is 0.446. The molecule has 0 aliphatic rings. The second kappa shape index (κ2) is 6.29. The molecule has 0 radical (unpaired) electrons. The predicted molar refractivity (Wildman–Crippen MR) is 64.2 cm³/mol. The number of nitrogens with two attached hydrogens (primary N) is 1. The van der Waals surface area contributed by atoms with Crippen LogP contribution in [-0.4, -0.2) is 29.4 Å². The molecule has 82 valence electrons. The molecule has 0 saturated carbocycles. The SMILES string of the molecule is CSCCCNc1ncccc1C(N)=O. The number of aromatic nitrogens is 1. The molecule has 0 fully saturated rings. The molecular formula is C10H15N3OS. The molecule has 3 N–H and O–H groups in total. The maximum atomic E-state index is 11.0. The Morgan fingerprint density at radius 2 is 2.47 bits per heavy atom. The molecule has 0 aliphatic carbocycles. The monoisotopic (exact) mass is 225 g/mol. The quantitative estimate of drug-likeness (QED) is 0.717. The predicted octanol–water partition coefficient (Wildman–Crippen LogP) is 1.35. The van der Waals surface area contributed by atoms with Gasteiger partial charge in [0.2, 0.25) is 0 Å². The lowest BCUT2D eigenvalue weighted by Crippen LogP contribution is -2.16. The Labute approximate surface area is 93.7 Å². The average Bonchev–Trinajstić information content (AvgIpc) is 2.25. The fraction of sp³-hybridized carbons (Fsp3) is 0.400. The number of anilines is 1. The minimum Gasteiger partial charge on any atom is -0.369 e. The molecule has 0 aliphatic heterocycles. The van der Waals surface area contributed by atoms with Crippen molar-refractivity contribution in [2.24, 2.45) is 5.73 Å². The van der Waals surface area contributed by atoms with Gasteiger partial charge in [-0.2, -0.15) is 11.8 Å². The van der Waals surface area contributed by atoms with Crippen molar-refractivity contribution < 1.29 is 4.79 Å². The van der Waals surface area contributed by atoms with Crippen LogP contribution in [0.2, 0.25) is 0 Å². The first-order valence-electron chi connectivity index (χ1n) is 4.73. The lowest BCUT2D eigenvalue weighted by Gasteiger charge is -2.07. The highest BCUT2D eigenvalue weighted by atomic mass is 32.2. The van der Waals surface area contributed by atoms with Crippen LogP contribution in [0, 0.1) is 0 Å². The van der Waals surface area contributed by atoms with E-state index in [1.165, 1.54) is 0 Å². The van der Waals surface area contributed by atoms with Gasteiger partial charge in [0.25, 0.3) is 5.91 Å². The number of hydrogen-bond donors (Lipinski definition) is 2. The summed E-state index contributed by atoms with van der Waals surface area (Å²) in [5.74, 6) is 1.22. The number of nitrogens with zero attached hydrogens (tertiary/aromatic N) is 1. The maximum Gasteiger partial charge on any atom is 0.252 e. The van der Waals surface area contributed by atoms with Crippen LogP contribution in [0.5, 0.6) is 0 Å². The van der Waals surface area contributed by atoms with Crippen molar-refractivity contribution in [2.75, 3.05) is 23.9 Å². The molecule has 1 amide bonds. The van der Waals surface area contributed by atoms with Crippen molar-refractivity contribution in [2.45, 2.75) is 6.42 Å². The number of carbonyl (C=O) groups is 1. The van der Waals surface area contributed by atoms with Crippen LogP contribution >= 0.6 is 11.8 Å². The van der Waals surface area contributed by atoms with Crippen LogP contribution in [-0.2, 0) is 0 Å². The van der Waals surface area contributed by atoms with Crippen LogP contribution in [0.4, 0.5) is 5.82 Å². The van der Waals surface area contributed by atoms with Crippen LogP contribution in [0.1, 0.15) is 16.8 Å². The number of pyridine rings is 1. The normalized spacial score (nSPS) is 9.93. The van der Waals surface area contributed by atoms with Gasteiger partial charge < -0.3 is 11.1 Å². The Morgan fingerprint density at radius 3 is 3.13 bits per heavy atom. The largest absolute Gasteiger partial charge is 0.369 e. The summed E-state index contributed by atoms with van der Waals surface area (Å²) >= 11 is 1.80. The first-order chi connectivity index (χ1) is 7.25. The molecule has 0 saturated heterocycles. The summed E-state index contributed by atoms with van der Waals surface area (Å²) < 4.78 is 0. The third-order valence-corrected chi connectivity index (χ3v) is 2.59. The van der Waals surface area contributed by atoms with Crippen molar-refractivity contribution in [3.8, 4) is 0 Å². The first-order valence-corrected chi connectivity index (χ1v) is 6.12. The molecule has 0 aromatic carbocycles. The number of rotatable bonds is 6. The third-order valence-electron chi connectivity index (χ3n) is 1.89. The zero-order chi connectivity index (χ0) is 11.1. The zero-order valence-corrected chi connectivity index (χ0v) is 9.51. The van der Waals surface area contributed by atoms with Crippen molar-refractivity contribution in [1.29, 1.82) is 0 Å². The molecule has 15 heavy (non-hydrogen) atoms. The van der Waals surface area contributed by atoms with Gasteiger partial charge >= 0.3 is 0 Å². The highest BCUT2D eigenvalue weighted by molar-refractivity contribution is 7.98. The fourth-order valence-corrected chi connectivity index (χ4v) is 1.60. The highest BCUT2D eigenvalue weighted by Crippen LogP contribution is 2.10. The van der Waals surface area contributed by atoms with Gasteiger partial charge in [-0.25, -0.2) is 4.98 Å². The smallest absolute Gasteiger partial charge is 0.252 e. The number of amides is 1. The van der Waals surface area contributed by atoms with Crippen molar-refractivity contribution in [1.82, 2.24) is 4.98 Å². The van der Waals surface area contributed by atoms with E-state index in [0.717, 1.165) is 18.7 Å². The van der Waals surface area contributed by atoms with Gasteiger partial charge in [-0.3, -0.25) is 4.79 Å². The van der Waals surface area contributed by atoms with Crippen molar-refractivity contribution >= 4 is 23.5 Å². The average molecular weight is 225 g/mol. The molecule has 1 rings (SSSR count).